The zero-order valence-electron chi connectivity index (χ0n) is 12.1. The SMILES string of the molecule is CC(CS(C)=O)Nc1ccc(S(=O)(=O)N(C)C)cc1N. The van der Waals surface area contributed by atoms with E-state index >= 15 is 0 Å². The van der Waals surface area contributed by atoms with Crippen molar-refractivity contribution in [3.05, 3.63) is 18.2 Å². The topological polar surface area (TPSA) is 92.5 Å². The van der Waals surface area contributed by atoms with Crippen LogP contribution < -0.4 is 11.1 Å². The first-order valence-electron chi connectivity index (χ1n) is 6.03. The zero-order valence-corrected chi connectivity index (χ0v) is 13.7. The molecule has 0 bridgehead atoms. The maximum absolute atomic E-state index is 12.0. The smallest absolute Gasteiger partial charge is 0.242 e. The van der Waals surface area contributed by atoms with Crippen molar-refractivity contribution >= 4 is 32.2 Å². The van der Waals surface area contributed by atoms with Crippen LogP contribution in [-0.4, -0.2) is 49.1 Å². The maximum Gasteiger partial charge on any atom is 0.242 e. The standard InChI is InChI=1S/C12H21N3O3S2/c1-9(8-19(4)16)14-12-6-5-10(7-11(12)13)20(17,18)15(2)3/h5-7,9,14H,8,13H2,1-4H3. The molecule has 0 aliphatic rings. The van der Waals surface area contributed by atoms with Gasteiger partial charge in [-0.3, -0.25) is 4.21 Å². The molecule has 114 valence electrons. The lowest BCUT2D eigenvalue weighted by Gasteiger charge is -2.17. The summed E-state index contributed by atoms with van der Waals surface area (Å²) in [6.45, 7) is 1.89. The van der Waals surface area contributed by atoms with Crippen LogP contribution in [0.4, 0.5) is 11.4 Å². The van der Waals surface area contributed by atoms with Gasteiger partial charge in [0.2, 0.25) is 10.0 Å². The Morgan fingerprint density at radius 3 is 2.45 bits per heavy atom. The Morgan fingerprint density at radius 1 is 1.40 bits per heavy atom. The van der Waals surface area contributed by atoms with Gasteiger partial charge in [-0.15, -0.1) is 0 Å². The average Bonchev–Trinajstić information content (AvgIpc) is 2.30. The minimum absolute atomic E-state index is 0.0144. The molecule has 0 saturated carbocycles. The van der Waals surface area contributed by atoms with Gasteiger partial charge < -0.3 is 11.1 Å². The number of nitrogens with two attached hydrogens (primary N) is 1. The van der Waals surface area contributed by atoms with Gasteiger partial charge >= 0.3 is 0 Å². The van der Waals surface area contributed by atoms with Crippen LogP contribution in [0.2, 0.25) is 0 Å². The quantitative estimate of drug-likeness (QED) is 0.753. The maximum atomic E-state index is 12.0. The van der Waals surface area contributed by atoms with Crippen LogP contribution in [0.15, 0.2) is 23.1 Å². The Morgan fingerprint density at radius 2 is 2.00 bits per heavy atom. The molecule has 1 aromatic carbocycles. The van der Waals surface area contributed by atoms with Crippen molar-refractivity contribution in [2.45, 2.75) is 17.9 Å². The van der Waals surface area contributed by atoms with Gasteiger partial charge in [0, 0.05) is 42.9 Å². The lowest BCUT2D eigenvalue weighted by atomic mass is 10.2. The number of nitrogen functional groups attached to an aromatic ring is 1. The van der Waals surface area contributed by atoms with Crippen LogP contribution in [0, 0.1) is 0 Å². The molecule has 0 radical (unpaired) electrons. The highest BCUT2D eigenvalue weighted by molar-refractivity contribution is 7.89. The van der Waals surface area contributed by atoms with Gasteiger partial charge in [0.15, 0.2) is 0 Å². The Hall–Kier alpha value is -1.12. The number of sulfonamides is 1. The van der Waals surface area contributed by atoms with Crippen molar-refractivity contribution in [3.8, 4) is 0 Å². The van der Waals surface area contributed by atoms with Gasteiger partial charge in [-0.2, -0.15) is 0 Å². The minimum atomic E-state index is -3.49. The van der Waals surface area contributed by atoms with Gasteiger partial charge in [-0.1, -0.05) is 0 Å². The molecule has 20 heavy (non-hydrogen) atoms. The van der Waals surface area contributed by atoms with E-state index in [9.17, 15) is 12.6 Å². The number of nitrogens with one attached hydrogen (secondary N) is 1. The third kappa shape index (κ3) is 4.19. The Kier molecular flexibility index (Phi) is 5.55. The van der Waals surface area contributed by atoms with E-state index in [1.54, 1.807) is 12.3 Å². The first-order chi connectivity index (χ1) is 9.14. The normalized spacial score (nSPS) is 15.1. The molecule has 0 aliphatic carbocycles. The summed E-state index contributed by atoms with van der Waals surface area (Å²) in [7, 11) is -1.46. The molecular weight excluding hydrogens is 298 g/mol. The highest BCUT2D eigenvalue weighted by Gasteiger charge is 2.18. The highest BCUT2D eigenvalue weighted by Crippen LogP contribution is 2.24. The monoisotopic (exact) mass is 319 g/mol. The van der Waals surface area contributed by atoms with E-state index in [1.807, 2.05) is 6.92 Å². The molecule has 0 aromatic heterocycles. The van der Waals surface area contributed by atoms with Crippen LogP contribution in [0.3, 0.4) is 0 Å². The average molecular weight is 319 g/mol. The Labute approximate surface area is 122 Å². The van der Waals surface area contributed by atoms with Gasteiger partial charge in [0.05, 0.1) is 16.3 Å². The second kappa shape index (κ2) is 6.55. The van der Waals surface area contributed by atoms with Crippen molar-refractivity contribution in [1.82, 2.24) is 4.31 Å². The fraction of sp³-hybridized carbons (Fsp3) is 0.500. The Bertz CT molecular complexity index is 600. The van der Waals surface area contributed by atoms with E-state index in [0.717, 1.165) is 4.31 Å². The van der Waals surface area contributed by atoms with Crippen molar-refractivity contribution < 1.29 is 12.6 Å². The first-order valence-corrected chi connectivity index (χ1v) is 9.20. The van der Waals surface area contributed by atoms with E-state index in [0.29, 0.717) is 17.1 Å². The minimum Gasteiger partial charge on any atom is -0.397 e. The summed E-state index contributed by atoms with van der Waals surface area (Å²) in [6.07, 6.45) is 1.63. The van der Waals surface area contributed by atoms with Crippen molar-refractivity contribution in [2.75, 3.05) is 37.2 Å². The highest BCUT2D eigenvalue weighted by atomic mass is 32.2. The number of rotatable bonds is 6. The van der Waals surface area contributed by atoms with Gasteiger partial charge in [-0.05, 0) is 25.1 Å². The molecule has 3 N–H and O–H groups in total. The van der Waals surface area contributed by atoms with Crippen LogP contribution in [0.25, 0.3) is 0 Å². The van der Waals surface area contributed by atoms with E-state index < -0.39 is 20.8 Å². The van der Waals surface area contributed by atoms with Gasteiger partial charge in [0.25, 0.3) is 0 Å². The molecule has 8 heteroatoms. The van der Waals surface area contributed by atoms with Gasteiger partial charge in [0.1, 0.15) is 0 Å². The summed E-state index contributed by atoms with van der Waals surface area (Å²) in [6, 6.07) is 4.54. The van der Waals surface area contributed by atoms with E-state index in [2.05, 4.69) is 5.32 Å². The third-order valence-electron chi connectivity index (χ3n) is 2.69. The molecule has 6 nitrogen and oxygen atoms in total. The van der Waals surface area contributed by atoms with Crippen LogP contribution in [-0.2, 0) is 20.8 Å². The molecule has 0 spiro atoms. The summed E-state index contributed by atoms with van der Waals surface area (Å²) < 4.78 is 36.2. The zero-order chi connectivity index (χ0) is 15.5. The number of hydrogen-bond donors (Lipinski definition) is 2. The number of anilines is 2. The molecule has 1 aromatic rings. The number of benzene rings is 1. The third-order valence-corrected chi connectivity index (χ3v) is 5.47. The van der Waals surface area contributed by atoms with E-state index in [1.165, 1.54) is 26.2 Å². The van der Waals surface area contributed by atoms with Crippen LogP contribution in [0.5, 0.6) is 0 Å². The molecule has 0 fully saturated rings. The van der Waals surface area contributed by atoms with Crippen LogP contribution >= 0.6 is 0 Å². The molecule has 2 atom stereocenters. The van der Waals surface area contributed by atoms with E-state index in [4.69, 9.17) is 5.73 Å². The van der Waals surface area contributed by atoms with E-state index in [-0.39, 0.29) is 10.9 Å². The summed E-state index contributed by atoms with van der Waals surface area (Å²) in [5, 5.41) is 3.12. The summed E-state index contributed by atoms with van der Waals surface area (Å²) >= 11 is 0. The fourth-order valence-electron chi connectivity index (χ4n) is 1.70. The molecule has 0 saturated heterocycles. The van der Waals surface area contributed by atoms with Crippen molar-refractivity contribution in [2.24, 2.45) is 0 Å². The summed E-state index contributed by atoms with van der Waals surface area (Å²) in [4.78, 5) is 0.150. The van der Waals surface area contributed by atoms with Crippen molar-refractivity contribution in [1.29, 1.82) is 0 Å². The predicted octanol–water partition coefficient (Wildman–Crippen LogP) is 0.698. The van der Waals surface area contributed by atoms with Crippen LogP contribution in [0.1, 0.15) is 6.92 Å². The van der Waals surface area contributed by atoms with Gasteiger partial charge in [-0.25, -0.2) is 12.7 Å². The Balaban J connectivity index is 2.97. The fourth-order valence-corrected chi connectivity index (χ4v) is 3.43. The first kappa shape index (κ1) is 16.9. The largest absolute Gasteiger partial charge is 0.397 e. The molecule has 0 heterocycles. The van der Waals surface area contributed by atoms with Crippen molar-refractivity contribution in [3.63, 3.8) is 0 Å². The summed E-state index contributed by atoms with van der Waals surface area (Å²) in [5.74, 6) is 0.497. The number of hydrogen-bond acceptors (Lipinski definition) is 5. The molecule has 0 amide bonds. The summed E-state index contributed by atoms with van der Waals surface area (Å²) in [5.41, 5.74) is 6.86. The lowest BCUT2D eigenvalue weighted by molar-refractivity contribution is 0.521. The second-order valence-corrected chi connectivity index (χ2v) is 8.45. The predicted molar refractivity (Wildman–Crippen MR) is 83.7 cm³/mol. The lowest BCUT2D eigenvalue weighted by Crippen LogP contribution is -2.24. The molecule has 1 rings (SSSR count). The second-order valence-electron chi connectivity index (χ2n) is 4.82. The number of nitrogens with zero attached hydrogens (tertiary/aromatic N) is 1. The molecule has 0 aliphatic heterocycles. The molecule has 2 unspecified atom stereocenters. The molecular formula is C12H21N3O3S2.